The fourth-order valence-corrected chi connectivity index (χ4v) is 1.77. The predicted octanol–water partition coefficient (Wildman–Crippen LogP) is 3.67. The Morgan fingerprint density at radius 3 is 1.40 bits per heavy atom. The van der Waals surface area contributed by atoms with E-state index < -0.39 is 9.85 Å². The van der Waals surface area contributed by atoms with Gasteiger partial charge < -0.3 is 0 Å². The minimum atomic E-state index is -0.487. The maximum Gasteiger partial charge on any atom is 0.276 e. The standard InChI is InChI=1S/C14H10N2O4/c17-15(18)13-7-3-1-5-11(13)9-10-12-6-2-4-8-14(12)16(19)20/h1-10H. The summed E-state index contributed by atoms with van der Waals surface area (Å²) in [6.45, 7) is 0. The number of rotatable bonds is 4. The zero-order chi connectivity index (χ0) is 14.5. The zero-order valence-corrected chi connectivity index (χ0v) is 10.3. The molecule has 0 unspecified atom stereocenters. The second kappa shape index (κ2) is 5.75. The van der Waals surface area contributed by atoms with Gasteiger partial charge in [-0.2, -0.15) is 0 Å². The maximum absolute atomic E-state index is 10.9. The van der Waals surface area contributed by atoms with Crippen LogP contribution in [0.5, 0.6) is 0 Å². The lowest BCUT2D eigenvalue weighted by Crippen LogP contribution is -1.91. The van der Waals surface area contributed by atoms with E-state index in [-0.39, 0.29) is 11.4 Å². The molecule has 20 heavy (non-hydrogen) atoms. The van der Waals surface area contributed by atoms with Crippen molar-refractivity contribution in [1.82, 2.24) is 0 Å². The third kappa shape index (κ3) is 2.86. The summed E-state index contributed by atoms with van der Waals surface area (Å²) in [7, 11) is 0. The average Bonchev–Trinajstić information content (AvgIpc) is 2.45. The van der Waals surface area contributed by atoms with Crippen LogP contribution in [0.2, 0.25) is 0 Å². The third-order valence-electron chi connectivity index (χ3n) is 2.71. The van der Waals surface area contributed by atoms with Crippen LogP contribution in [-0.2, 0) is 0 Å². The number of nitro benzene ring substituents is 2. The molecule has 0 fully saturated rings. The Labute approximate surface area is 114 Å². The molecule has 6 heteroatoms. The van der Waals surface area contributed by atoms with E-state index in [0.29, 0.717) is 11.1 Å². The molecule has 0 atom stereocenters. The molecule has 0 aliphatic carbocycles. The fourth-order valence-electron chi connectivity index (χ4n) is 1.77. The van der Waals surface area contributed by atoms with E-state index in [4.69, 9.17) is 0 Å². The van der Waals surface area contributed by atoms with Gasteiger partial charge in [0, 0.05) is 12.1 Å². The van der Waals surface area contributed by atoms with Crippen LogP contribution in [-0.4, -0.2) is 9.85 Å². The molecule has 0 heterocycles. The van der Waals surface area contributed by atoms with Crippen molar-refractivity contribution in [3.05, 3.63) is 79.9 Å². The van der Waals surface area contributed by atoms with Gasteiger partial charge in [0.1, 0.15) is 0 Å². The summed E-state index contributed by atoms with van der Waals surface area (Å²) < 4.78 is 0. The monoisotopic (exact) mass is 270 g/mol. The highest BCUT2D eigenvalue weighted by molar-refractivity contribution is 5.77. The van der Waals surface area contributed by atoms with Gasteiger partial charge in [-0.25, -0.2) is 0 Å². The van der Waals surface area contributed by atoms with Crippen LogP contribution in [0.1, 0.15) is 11.1 Å². The summed E-state index contributed by atoms with van der Waals surface area (Å²) in [5.41, 5.74) is 0.718. The molecule has 0 radical (unpaired) electrons. The minimum absolute atomic E-state index is 0.0395. The number of benzene rings is 2. The number of hydrogen-bond donors (Lipinski definition) is 0. The molecule has 2 aromatic rings. The van der Waals surface area contributed by atoms with Crippen molar-refractivity contribution in [3.8, 4) is 0 Å². The van der Waals surface area contributed by atoms with Crippen LogP contribution >= 0.6 is 0 Å². The van der Waals surface area contributed by atoms with Crippen LogP contribution < -0.4 is 0 Å². The van der Waals surface area contributed by atoms with E-state index in [9.17, 15) is 20.2 Å². The van der Waals surface area contributed by atoms with Crippen molar-refractivity contribution in [2.24, 2.45) is 0 Å². The fraction of sp³-hybridized carbons (Fsp3) is 0. The van der Waals surface area contributed by atoms with Crippen LogP contribution in [0.15, 0.2) is 48.5 Å². The molecule has 100 valence electrons. The van der Waals surface area contributed by atoms with Crippen molar-refractivity contribution in [1.29, 1.82) is 0 Å². The van der Waals surface area contributed by atoms with Gasteiger partial charge in [0.05, 0.1) is 21.0 Å². The van der Waals surface area contributed by atoms with E-state index in [2.05, 4.69) is 0 Å². The van der Waals surface area contributed by atoms with Gasteiger partial charge >= 0.3 is 0 Å². The average molecular weight is 270 g/mol. The Balaban J connectivity index is 2.40. The summed E-state index contributed by atoms with van der Waals surface area (Å²) >= 11 is 0. The summed E-state index contributed by atoms with van der Waals surface area (Å²) in [5, 5.41) is 21.7. The number of nitrogens with zero attached hydrogens (tertiary/aromatic N) is 2. The first-order valence-electron chi connectivity index (χ1n) is 5.74. The smallest absolute Gasteiger partial charge is 0.258 e. The van der Waals surface area contributed by atoms with Crippen LogP contribution in [0.3, 0.4) is 0 Å². The van der Waals surface area contributed by atoms with E-state index >= 15 is 0 Å². The Bertz CT molecular complexity index is 636. The molecule has 0 saturated heterocycles. The molecule has 0 aromatic heterocycles. The first-order valence-corrected chi connectivity index (χ1v) is 5.74. The lowest BCUT2D eigenvalue weighted by molar-refractivity contribution is -0.385. The Morgan fingerprint density at radius 1 is 0.700 bits per heavy atom. The molecule has 0 bridgehead atoms. The lowest BCUT2D eigenvalue weighted by Gasteiger charge is -1.98. The van der Waals surface area contributed by atoms with Crippen molar-refractivity contribution < 1.29 is 9.85 Å². The molecule has 0 aliphatic rings. The number of hydrogen-bond acceptors (Lipinski definition) is 4. The SMILES string of the molecule is O=[N+]([O-])c1ccccc1C=Cc1ccccc1[N+](=O)[O-]. The zero-order valence-electron chi connectivity index (χ0n) is 10.3. The van der Waals surface area contributed by atoms with Gasteiger partial charge in [0.25, 0.3) is 11.4 Å². The van der Waals surface area contributed by atoms with Crippen LogP contribution in [0.4, 0.5) is 11.4 Å². The van der Waals surface area contributed by atoms with Crippen molar-refractivity contribution in [2.75, 3.05) is 0 Å². The second-order valence-corrected chi connectivity index (χ2v) is 3.97. The quantitative estimate of drug-likeness (QED) is 0.481. The summed E-state index contributed by atoms with van der Waals surface area (Å²) in [6.07, 6.45) is 3.00. The van der Waals surface area contributed by atoms with Gasteiger partial charge in [-0.05, 0) is 24.3 Å². The van der Waals surface area contributed by atoms with Crippen molar-refractivity contribution in [2.45, 2.75) is 0 Å². The minimum Gasteiger partial charge on any atom is -0.258 e. The normalized spacial score (nSPS) is 10.6. The predicted molar refractivity (Wildman–Crippen MR) is 75.1 cm³/mol. The molecule has 0 amide bonds. The molecule has 2 aromatic carbocycles. The number of para-hydroxylation sites is 2. The Hall–Kier alpha value is -3.02. The van der Waals surface area contributed by atoms with Gasteiger partial charge in [-0.15, -0.1) is 0 Å². The Kier molecular flexibility index (Phi) is 3.85. The molecular formula is C14H10N2O4. The highest BCUT2D eigenvalue weighted by atomic mass is 16.6. The first kappa shape index (κ1) is 13.4. The van der Waals surface area contributed by atoms with E-state index in [1.54, 1.807) is 36.4 Å². The molecule has 0 N–H and O–H groups in total. The summed E-state index contributed by atoms with van der Waals surface area (Å²) in [6, 6.07) is 12.4. The summed E-state index contributed by atoms with van der Waals surface area (Å²) in [5.74, 6) is 0. The van der Waals surface area contributed by atoms with Crippen LogP contribution in [0.25, 0.3) is 12.2 Å². The molecule has 6 nitrogen and oxygen atoms in total. The van der Waals surface area contributed by atoms with E-state index in [1.165, 1.54) is 24.3 Å². The molecular weight excluding hydrogens is 260 g/mol. The topological polar surface area (TPSA) is 86.3 Å². The van der Waals surface area contributed by atoms with Crippen molar-refractivity contribution >= 4 is 23.5 Å². The molecule has 0 aliphatic heterocycles. The highest BCUT2D eigenvalue weighted by Crippen LogP contribution is 2.23. The van der Waals surface area contributed by atoms with Crippen LogP contribution in [0, 0.1) is 20.2 Å². The molecule has 0 saturated carbocycles. The van der Waals surface area contributed by atoms with Gasteiger partial charge in [0.2, 0.25) is 0 Å². The van der Waals surface area contributed by atoms with Gasteiger partial charge in [-0.3, -0.25) is 20.2 Å². The molecule has 0 spiro atoms. The third-order valence-corrected chi connectivity index (χ3v) is 2.71. The lowest BCUT2D eigenvalue weighted by atomic mass is 10.1. The number of nitro groups is 2. The molecule has 2 rings (SSSR count). The van der Waals surface area contributed by atoms with E-state index in [0.717, 1.165) is 0 Å². The second-order valence-electron chi connectivity index (χ2n) is 3.97. The first-order chi connectivity index (χ1) is 9.59. The van der Waals surface area contributed by atoms with Gasteiger partial charge in [-0.1, -0.05) is 24.3 Å². The highest BCUT2D eigenvalue weighted by Gasteiger charge is 2.12. The Morgan fingerprint density at radius 2 is 1.05 bits per heavy atom. The maximum atomic E-state index is 10.9. The summed E-state index contributed by atoms with van der Waals surface area (Å²) in [4.78, 5) is 20.8. The van der Waals surface area contributed by atoms with Gasteiger partial charge in [0.15, 0.2) is 0 Å². The van der Waals surface area contributed by atoms with Crippen molar-refractivity contribution in [3.63, 3.8) is 0 Å². The van der Waals surface area contributed by atoms with E-state index in [1.807, 2.05) is 0 Å². The largest absolute Gasteiger partial charge is 0.276 e.